The van der Waals surface area contributed by atoms with Gasteiger partial charge in [0.25, 0.3) is 5.91 Å². The van der Waals surface area contributed by atoms with Gasteiger partial charge in [0, 0.05) is 42.5 Å². The maximum absolute atomic E-state index is 14.0. The second-order valence-electron chi connectivity index (χ2n) is 10.6. The first-order valence-electron chi connectivity index (χ1n) is 14.0. The Morgan fingerprint density at radius 2 is 1.68 bits per heavy atom. The number of nitrogens with one attached hydrogen (secondary N) is 1. The van der Waals surface area contributed by atoms with Gasteiger partial charge in [-0.1, -0.05) is 74.4 Å². The van der Waals surface area contributed by atoms with Crippen LogP contribution in [0, 0.1) is 0 Å². The molecule has 1 fully saturated rings. The summed E-state index contributed by atoms with van der Waals surface area (Å²) in [4.78, 5) is 29.9. The number of unbranched alkanes of at least 4 members (excludes halogenated alkanes) is 2. The van der Waals surface area contributed by atoms with Crippen molar-refractivity contribution in [2.24, 2.45) is 0 Å². The molecule has 1 saturated heterocycles. The molecule has 2 amide bonds. The molecule has 40 heavy (non-hydrogen) atoms. The minimum absolute atomic E-state index is 0.0691. The third-order valence-electron chi connectivity index (χ3n) is 7.79. The molecule has 0 spiro atoms. The van der Waals surface area contributed by atoms with Crippen LogP contribution in [0.5, 0.6) is 0 Å². The SMILES string of the molecule is CCCCCN(CC(F)(F)F)C(=O)C1c2ccccc2-c2cccc(N3CCC(NC(=O)c4ccccc4)C3)c21. The minimum atomic E-state index is -4.48. The molecule has 2 aliphatic rings. The molecule has 1 aliphatic heterocycles. The molecule has 0 aromatic heterocycles. The van der Waals surface area contributed by atoms with E-state index < -0.39 is 24.5 Å². The highest BCUT2D eigenvalue weighted by Crippen LogP contribution is 2.50. The van der Waals surface area contributed by atoms with Crippen molar-refractivity contribution in [3.05, 3.63) is 89.5 Å². The Morgan fingerprint density at radius 1 is 0.950 bits per heavy atom. The quantitative estimate of drug-likeness (QED) is 0.315. The van der Waals surface area contributed by atoms with Gasteiger partial charge in [-0.15, -0.1) is 0 Å². The summed E-state index contributed by atoms with van der Waals surface area (Å²) in [5, 5.41) is 3.11. The Hall–Kier alpha value is -3.81. The number of halogens is 3. The highest BCUT2D eigenvalue weighted by molar-refractivity contribution is 5.99. The lowest BCUT2D eigenvalue weighted by molar-refractivity contribution is -0.161. The van der Waals surface area contributed by atoms with E-state index in [-0.39, 0.29) is 18.5 Å². The predicted molar refractivity (Wildman–Crippen MR) is 150 cm³/mol. The highest BCUT2D eigenvalue weighted by atomic mass is 19.4. The van der Waals surface area contributed by atoms with E-state index in [4.69, 9.17) is 0 Å². The zero-order chi connectivity index (χ0) is 28.3. The van der Waals surface area contributed by atoms with Gasteiger partial charge >= 0.3 is 6.18 Å². The smallest absolute Gasteiger partial charge is 0.369 e. The van der Waals surface area contributed by atoms with Crippen LogP contribution in [0.25, 0.3) is 11.1 Å². The Kier molecular flexibility index (Phi) is 8.14. The first kappa shape index (κ1) is 27.7. The van der Waals surface area contributed by atoms with Gasteiger partial charge in [0.1, 0.15) is 6.54 Å². The van der Waals surface area contributed by atoms with Crippen LogP contribution in [0.15, 0.2) is 72.8 Å². The number of fused-ring (bicyclic) bond motifs is 3. The van der Waals surface area contributed by atoms with E-state index in [0.717, 1.165) is 52.1 Å². The molecular weight excluding hydrogens is 515 g/mol. The molecule has 0 bridgehead atoms. The second-order valence-corrected chi connectivity index (χ2v) is 10.6. The lowest BCUT2D eigenvalue weighted by Gasteiger charge is -2.30. The first-order chi connectivity index (χ1) is 19.3. The molecule has 1 N–H and O–H groups in total. The van der Waals surface area contributed by atoms with Gasteiger partial charge in [0.2, 0.25) is 5.91 Å². The predicted octanol–water partition coefficient (Wildman–Crippen LogP) is 6.39. The molecule has 0 radical (unpaired) electrons. The molecule has 3 aromatic carbocycles. The van der Waals surface area contributed by atoms with E-state index in [0.29, 0.717) is 25.1 Å². The summed E-state index contributed by atoms with van der Waals surface area (Å²) in [7, 11) is 0. The van der Waals surface area contributed by atoms with Crippen LogP contribution in [0.3, 0.4) is 0 Å². The van der Waals surface area contributed by atoms with Gasteiger partial charge in [-0.2, -0.15) is 13.2 Å². The number of amides is 2. The molecule has 5 rings (SSSR count). The highest BCUT2D eigenvalue weighted by Gasteiger charge is 2.42. The average molecular weight is 550 g/mol. The first-order valence-corrected chi connectivity index (χ1v) is 14.0. The summed E-state index contributed by atoms with van der Waals surface area (Å²) in [6.07, 6.45) is -1.62. The summed E-state index contributed by atoms with van der Waals surface area (Å²) in [5.41, 5.74) is 4.69. The molecule has 5 nitrogen and oxygen atoms in total. The molecule has 0 saturated carbocycles. The summed E-state index contributed by atoms with van der Waals surface area (Å²) in [6, 6.07) is 22.3. The number of carbonyl (C=O) groups excluding carboxylic acids is 2. The zero-order valence-corrected chi connectivity index (χ0v) is 22.6. The van der Waals surface area contributed by atoms with Crippen molar-refractivity contribution in [1.82, 2.24) is 10.2 Å². The van der Waals surface area contributed by atoms with Crippen molar-refractivity contribution in [2.45, 2.75) is 50.7 Å². The largest absolute Gasteiger partial charge is 0.406 e. The molecule has 2 atom stereocenters. The number of hydrogen-bond donors (Lipinski definition) is 1. The molecule has 210 valence electrons. The maximum Gasteiger partial charge on any atom is 0.406 e. The van der Waals surface area contributed by atoms with Gasteiger partial charge < -0.3 is 15.1 Å². The molecule has 1 heterocycles. The summed E-state index contributed by atoms with van der Waals surface area (Å²) in [5.74, 6) is -1.47. The molecule has 1 aliphatic carbocycles. The van der Waals surface area contributed by atoms with Crippen molar-refractivity contribution < 1.29 is 22.8 Å². The van der Waals surface area contributed by atoms with Crippen LogP contribution >= 0.6 is 0 Å². The number of nitrogens with zero attached hydrogens (tertiary/aromatic N) is 2. The fraction of sp³-hybridized carbons (Fsp3) is 0.375. The Bertz CT molecular complexity index is 1360. The molecule has 3 aromatic rings. The van der Waals surface area contributed by atoms with Gasteiger partial charge in [-0.25, -0.2) is 0 Å². The lowest BCUT2D eigenvalue weighted by atomic mass is 9.93. The Labute approximate surface area is 233 Å². The molecular formula is C32H34F3N3O2. The molecule has 2 unspecified atom stereocenters. The monoisotopic (exact) mass is 549 g/mol. The number of alkyl halides is 3. The number of rotatable bonds is 9. The van der Waals surface area contributed by atoms with Gasteiger partial charge in [-0.3, -0.25) is 9.59 Å². The van der Waals surface area contributed by atoms with Gasteiger partial charge in [0.15, 0.2) is 0 Å². The summed E-state index contributed by atoms with van der Waals surface area (Å²) < 4.78 is 40.8. The van der Waals surface area contributed by atoms with Crippen molar-refractivity contribution in [3.8, 4) is 11.1 Å². The summed E-state index contributed by atoms with van der Waals surface area (Å²) in [6.45, 7) is 2.01. The minimum Gasteiger partial charge on any atom is -0.369 e. The van der Waals surface area contributed by atoms with E-state index >= 15 is 0 Å². The second kappa shape index (κ2) is 11.7. The van der Waals surface area contributed by atoms with Crippen molar-refractivity contribution in [2.75, 3.05) is 31.1 Å². The third kappa shape index (κ3) is 5.86. The van der Waals surface area contributed by atoms with E-state index in [1.807, 2.05) is 67.6 Å². The van der Waals surface area contributed by atoms with Crippen molar-refractivity contribution in [3.63, 3.8) is 0 Å². The fourth-order valence-electron chi connectivity index (χ4n) is 5.95. The van der Waals surface area contributed by atoms with Crippen molar-refractivity contribution in [1.29, 1.82) is 0 Å². The Balaban J connectivity index is 1.45. The zero-order valence-electron chi connectivity index (χ0n) is 22.6. The van der Waals surface area contributed by atoms with Crippen LogP contribution in [0.4, 0.5) is 18.9 Å². The normalized spacial score (nSPS) is 17.9. The number of hydrogen-bond acceptors (Lipinski definition) is 3. The lowest BCUT2D eigenvalue weighted by Crippen LogP contribution is -2.42. The van der Waals surface area contributed by atoms with Crippen molar-refractivity contribution >= 4 is 17.5 Å². The van der Waals surface area contributed by atoms with Gasteiger partial charge in [0.05, 0.1) is 5.92 Å². The topological polar surface area (TPSA) is 52.7 Å². The van der Waals surface area contributed by atoms with Crippen LogP contribution < -0.4 is 10.2 Å². The molecule has 8 heteroatoms. The van der Waals surface area contributed by atoms with Crippen LogP contribution in [-0.2, 0) is 4.79 Å². The summed E-state index contributed by atoms with van der Waals surface area (Å²) >= 11 is 0. The number of benzene rings is 3. The Morgan fingerprint density at radius 3 is 2.42 bits per heavy atom. The standard InChI is InChI=1S/C32H34F3N3O2/c1-2-3-9-18-38(21-32(33,34)35)31(40)29-26-14-8-7-13-24(26)25-15-10-16-27(28(25)29)37-19-17-23(20-37)36-30(39)22-11-5-4-6-12-22/h4-8,10-16,23,29H,2-3,9,17-21H2,1H3,(H,36,39). The number of anilines is 1. The van der Waals surface area contributed by atoms with E-state index in [9.17, 15) is 22.8 Å². The maximum atomic E-state index is 14.0. The van der Waals surface area contributed by atoms with E-state index in [1.165, 1.54) is 0 Å². The van der Waals surface area contributed by atoms with E-state index in [1.54, 1.807) is 12.1 Å². The third-order valence-corrected chi connectivity index (χ3v) is 7.79. The van der Waals surface area contributed by atoms with Crippen LogP contribution in [0.1, 0.15) is 60.0 Å². The fourth-order valence-corrected chi connectivity index (χ4v) is 5.95. The van der Waals surface area contributed by atoms with Crippen LogP contribution in [-0.4, -0.2) is 55.1 Å². The van der Waals surface area contributed by atoms with Crippen LogP contribution in [0.2, 0.25) is 0 Å². The van der Waals surface area contributed by atoms with E-state index in [2.05, 4.69) is 10.2 Å². The average Bonchev–Trinajstić information content (AvgIpc) is 3.54. The number of carbonyl (C=O) groups is 2. The van der Waals surface area contributed by atoms with Gasteiger partial charge in [-0.05, 0) is 47.7 Å².